The van der Waals surface area contributed by atoms with Crippen molar-refractivity contribution in [1.82, 2.24) is 10.6 Å². The Labute approximate surface area is 93.3 Å². The topological polar surface area (TPSA) is 41.1 Å². The van der Waals surface area contributed by atoms with Crippen molar-refractivity contribution in [2.45, 2.75) is 52.1 Å². The average Bonchev–Trinajstić information content (AvgIpc) is 2.23. The molecule has 0 bridgehead atoms. The van der Waals surface area contributed by atoms with Gasteiger partial charge in [-0.1, -0.05) is 19.9 Å². The van der Waals surface area contributed by atoms with E-state index in [1.807, 2.05) is 13.0 Å². The second-order valence-corrected chi connectivity index (χ2v) is 3.89. The smallest absolute Gasteiger partial charge is 0.234 e. The Kier molecular flexibility index (Phi) is 8.01. The lowest BCUT2D eigenvalue weighted by Crippen LogP contribution is -2.42. The Bertz CT molecular complexity index is 188. The molecule has 0 radical (unpaired) electrons. The maximum atomic E-state index is 11.5. The van der Waals surface area contributed by atoms with E-state index >= 15 is 0 Å². The lowest BCUT2D eigenvalue weighted by molar-refractivity contribution is -0.121. The van der Waals surface area contributed by atoms with Crippen molar-refractivity contribution >= 4 is 5.91 Å². The molecule has 0 aliphatic rings. The van der Waals surface area contributed by atoms with Crippen LogP contribution in [0.5, 0.6) is 0 Å². The molecule has 0 aromatic carbocycles. The van der Waals surface area contributed by atoms with Crippen LogP contribution in [0, 0.1) is 0 Å². The number of amides is 1. The summed E-state index contributed by atoms with van der Waals surface area (Å²) < 4.78 is 0. The van der Waals surface area contributed by atoms with E-state index < -0.39 is 0 Å². The summed E-state index contributed by atoms with van der Waals surface area (Å²) in [4.78, 5) is 11.5. The minimum atomic E-state index is 0.0830. The van der Waals surface area contributed by atoms with E-state index in [0.717, 1.165) is 19.3 Å². The van der Waals surface area contributed by atoms with Gasteiger partial charge in [0.1, 0.15) is 0 Å². The lowest BCUT2D eigenvalue weighted by Gasteiger charge is -2.16. The SMILES string of the molecule is C=CCC(C)NCC(=O)NC(CC)CC. The van der Waals surface area contributed by atoms with Gasteiger partial charge in [0, 0.05) is 12.1 Å². The molecule has 3 heteroatoms. The Morgan fingerprint density at radius 2 is 2.00 bits per heavy atom. The standard InChI is InChI=1S/C12H24N2O/c1-5-8-10(4)13-9-12(15)14-11(6-2)7-3/h5,10-11,13H,1,6-9H2,2-4H3,(H,14,15). The number of nitrogens with one attached hydrogen (secondary N) is 2. The van der Waals surface area contributed by atoms with E-state index in [0.29, 0.717) is 18.6 Å². The summed E-state index contributed by atoms with van der Waals surface area (Å²) in [6, 6.07) is 0.629. The van der Waals surface area contributed by atoms with Gasteiger partial charge >= 0.3 is 0 Å². The third kappa shape index (κ3) is 7.14. The Morgan fingerprint density at radius 3 is 2.47 bits per heavy atom. The summed E-state index contributed by atoms with van der Waals surface area (Å²) in [7, 11) is 0. The van der Waals surface area contributed by atoms with Crippen LogP contribution < -0.4 is 10.6 Å². The van der Waals surface area contributed by atoms with Gasteiger partial charge in [-0.05, 0) is 26.2 Å². The van der Waals surface area contributed by atoms with Crippen molar-refractivity contribution in [3.05, 3.63) is 12.7 Å². The van der Waals surface area contributed by atoms with Crippen LogP contribution in [0.15, 0.2) is 12.7 Å². The van der Waals surface area contributed by atoms with Crippen molar-refractivity contribution in [2.24, 2.45) is 0 Å². The van der Waals surface area contributed by atoms with E-state index in [1.165, 1.54) is 0 Å². The number of carbonyl (C=O) groups is 1. The maximum Gasteiger partial charge on any atom is 0.234 e. The van der Waals surface area contributed by atoms with E-state index in [-0.39, 0.29) is 5.91 Å². The number of rotatable bonds is 8. The largest absolute Gasteiger partial charge is 0.352 e. The molecule has 0 spiro atoms. The van der Waals surface area contributed by atoms with Crippen molar-refractivity contribution < 1.29 is 4.79 Å². The zero-order chi connectivity index (χ0) is 11.7. The van der Waals surface area contributed by atoms with Crippen LogP contribution in [0.25, 0.3) is 0 Å². The van der Waals surface area contributed by atoms with Gasteiger partial charge in [-0.15, -0.1) is 6.58 Å². The zero-order valence-electron chi connectivity index (χ0n) is 10.2. The van der Waals surface area contributed by atoms with Gasteiger partial charge in [-0.25, -0.2) is 0 Å². The highest BCUT2D eigenvalue weighted by atomic mass is 16.1. The van der Waals surface area contributed by atoms with Crippen molar-refractivity contribution in [2.75, 3.05) is 6.54 Å². The van der Waals surface area contributed by atoms with Gasteiger partial charge < -0.3 is 10.6 Å². The molecule has 0 aliphatic carbocycles. The highest BCUT2D eigenvalue weighted by Crippen LogP contribution is 1.95. The monoisotopic (exact) mass is 212 g/mol. The van der Waals surface area contributed by atoms with E-state index in [4.69, 9.17) is 0 Å². The maximum absolute atomic E-state index is 11.5. The molecule has 88 valence electrons. The fourth-order valence-electron chi connectivity index (χ4n) is 1.37. The first-order chi connectivity index (χ1) is 7.13. The van der Waals surface area contributed by atoms with Crippen LogP contribution >= 0.6 is 0 Å². The van der Waals surface area contributed by atoms with Crippen LogP contribution in [-0.2, 0) is 4.79 Å². The molecule has 0 aromatic heterocycles. The molecule has 3 nitrogen and oxygen atoms in total. The van der Waals surface area contributed by atoms with E-state index in [9.17, 15) is 4.79 Å². The van der Waals surface area contributed by atoms with Crippen molar-refractivity contribution in [3.63, 3.8) is 0 Å². The quantitative estimate of drug-likeness (QED) is 0.603. The first-order valence-corrected chi connectivity index (χ1v) is 5.77. The first kappa shape index (κ1) is 14.2. The van der Waals surface area contributed by atoms with Crippen LogP contribution in [0.2, 0.25) is 0 Å². The number of hydrogen-bond acceptors (Lipinski definition) is 2. The molecule has 0 heterocycles. The molecule has 1 atom stereocenters. The molecule has 2 N–H and O–H groups in total. The Hall–Kier alpha value is -0.830. The molecule has 0 saturated heterocycles. The molecule has 0 aromatic rings. The molecule has 15 heavy (non-hydrogen) atoms. The fraction of sp³-hybridized carbons (Fsp3) is 0.750. The van der Waals surface area contributed by atoms with Crippen molar-refractivity contribution in [3.8, 4) is 0 Å². The van der Waals surface area contributed by atoms with E-state index in [2.05, 4.69) is 31.1 Å². The third-order valence-electron chi connectivity index (χ3n) is 2.48. The molecular weight excluding hydrogens is 188 g/mol. The zero-order valence-corrected chi connectivity index (χ0v) is 10.2. The Balaban J connectivity index is 3.69. The Morgan fingerprint density at radius 1 is 1.40 bits per heavy atom. The number of carbonyl (C=O) groups excluding carboxylic acids is 1. The summed E-state index contributed by atoms with van der Waals surface area (Å²) >= 11 is 0. The fourth-order valence-corrected chi connectivity index (χ4v) is 1.37. The van der Waals surface area contributed by atoms with Gasteiger partial charge in [-0.3, -0.25) is 4.79 Å². The predicted octanol–water partition coefficient (Wildman–Crippen LogP) is 1.85. The molecule has 0 aliphatic heterocycles. The van der Waals surface area contributed by atoms with Crippen LogP contribution in [0.1, 0.15) is 40.0 Å². The van der Waals surface area contributed by atoms with Gasteiger partial charge in [0.05, 0.1) is 6.54 Å². The molecule has 1 amide bonds. The summed E-state index contributed by atoms with van der Waals surface area (Å²) in [5, 5.41) is 6.14. The minimum Gasteiger partial charge on any atom is -0.352 e. The van der Waals surface area contributed by atoms with Gasteiger partial charge in [0.15, 0.2) is 0 Å². The molecule has 0 rings (SSSR count). The minimum absolute atomic E-state index is 0.0830. The van der Waals surface area contributed by atoms with Gasteiger partial charge in [-0.2, -0.15) is 0 Å². The number of hydrogen-bond donors (Lipinski definition) is 2. The normalized spacial score (nSPS) is 12.5. The van der Waals surface area contributed by atoms with Crippen LogP contribution in [0.3, 0.4) is 0 Å². The van der Waals surface area contributed by atoms with Gasteiger partial charge in [0.25, 0.3) is 0 Å². The first-order valence-electron chi connectivity index (χ1n) is 5.77. The summed E-state index contributed by atoms with van der Waals surface area (Å²) in [6.07, 6.45) is 4.73. The van der Waals surface area contributed by atoms with Crippen LogP contribution in [-0.4, -0.2) is 24.5 Å². The highest BCUT2D eigenvalue weighted by Gasteiger charge is 2.08. The van der Waals surface area contributed by atoms with Gasteiger partial charge in [0.2, 0.25) is 5.91 Å². The average molecular weight is 212 g/mol. The predicted molar refractivity (Wildman–Crippen MR) is 64.8 cm³/mol. The summed E-state index contributed by atoms with van der Waals surface area (Å²) in [5.74, 6) is 0.0830. The third-order valence-corrected chi connectivity index (χ3v) is 2.48. The lowest BCUT2D eigenvalue weighted by atomic mass is 10.2. The molecule has 0 fully saturated rings. The second kappa shape index (κ2) is 8.48. The van der Waals surface area contributed by atoms with E-state index in [1.54, 1.807) is 0 Å². The second-order valence-electron chi connectivity index (χ2n) is 3.89. The highest BCUT2D eigenvalue weighted by molar-refractivity contribution is 5.78. The van der Waals surface area contributed by atoms with Crippen LogP contribution in [0.4, 0.5) is 0 Å². The molecule has 0 saturated carbocycles. The summed E-state index contributed by atoms with van der Waals surface area (Å²) in [5.41, 5.74) is 0. The van der Waals surface area contributed by atoms with Crippen molar-refractivity contribution in [1.29, 1.82) is 0 Å². The molecule has 1 unspecified atom stereocenters. The summed E-state index contributed by atoms with van der Waals surface area (Å²) in [6.45, 7) is 10.3. The molecular formula is C12H24N2O.